The molecule has 4 heterocycles. The molecule has 1 aliphatic heterocycles. The molecule has 0 saturated heterocycles. The fraction of sp³-hybridized carbons (Fsp3) is 0.571. The monoisotopic (exact) mass is 317 g/mol. The van der Waals surface area contributed by atoms with E-state index < -0.39 is 0 Å². The van der Waals surface area contributed by atoms with E-state index in [2.05, 4.69) is 39.3 Å². The molecule has 0 amide bonds. The van der Waals surface area contributed by atoms with Crippen molar-refractivity contribution in [2.75, 3.05) is 5.32 Å². The van der Waals surface area contributed by atoms with Crippen LogP contribution in [0, 0.1) is 6.92 Å². The van der Waals surface area contributed by atoms with Gasteiger partial charge in [-0.05, 0) is 13.3 Å². The van der Waals surface area contributed by atoms with Gasteiger partial charge in [-0.15, -0.1) is 5.10 Å². The summed E-state index contributed by atoms with van der Waals surface area (Å²) < 4.78 is 3.88. The summed E-state index contributed by atoms with van der Waals surface area (Å²) in [4.78, 5) is 9.99. The second-order valence-electron chi connectivity index (χ2n) is 6.12. The van der Waals surface area contributed by atoms with Crippen molar-refractivity contribution in [2.24, 2.45) is 0 Å². The van der Waals surface area contributed by atoms with Crippen LogP contribution >= 0.6 is 11.3 Å². The minimum Gasteiger partial charge on any atom is -0.355 e. The summed E-state index contributed by atoms with van der Waals surface area (Å²) in [5.41, 5.74) is 0.997. The van der Waals surface area contributed by atoms with Crippen molar-refractivity contribution >= 4 is 21.4 Å². The minimum atomic E-state index is 0.339. The highest BCUT2D eigenvalue weighted by atomic mass is 32.1. The smallest absolute Gasteiger partial charge is 0.214 e. The van der Waals surface area contributed by atoms with Gasteiger partial charge in [-0.1, -0.05) is 25.2 Å². The van der Waals surface area contributed by atoms with Crippen LogP contribution in [-0.2, 0) is 13.0 Å². The van der Waals surface area contributed by atoms with Gasteiger partial charge in [0.2, 0.25) is 10.1 Å². The summed E-state index contributed by atoms with van der Waals surface area (Å²) in [5, 5.41) is 13.6. The number of rotatable bonds is 3. The largest absolute Gasteiger partial charge is 0.355 e. The first-order chi connectivity index (χ1) is 10.6. The number of nitrogens with one attached hydrogen (secondary N) is 1. The number of hydrogen-bond donors (Lipinski definition) is 1. The van der Waals surface area contributed by atoms with Gasteiger partial charge in [0.25, 0.3) is 0 Å². The van der Waals surface area contributed by atoms with Gasteiger partial charge in [0.15, 0.2) is 5.82 Å². The molecule has 0 saturated carbocycles. The number of imidazole rings is 1. The second kappa shape index (κ2) is 5.05. The number of fused-ring (bicyclic) bond motifs is 2. The van der Waals surface area contributed by atoms with E-state index in [4.69, 9.17) is 0 Å². The van der Waals surface area contributed by atoms with Crippen LogP contribution in [0.5, 0.6) is 0 Å². The predicted molar refractivity (Wildman–Crippen MR) is 85.4 cm³/mol. The molecule has 1 atom stereocenters. The van der Waals surface area contributed by atoms with Gasteiger partial charge in [0, 0.05) is 18.4 Å². The van der Waals surface area contributed by atoms with E-state index in [1.165, 1.54) is 0 Å². The molecule has 1 aliphatic rings. The molecule has 0 aliphatic carbocycles. The van der Waals surface area contributed by atoms with Crippen molar-refractivity contribution in [2.45, 2.75) is 52.1 Å². The average Bonchev–Trinajstić information content (AvgIpc) is 3.10. The zero-order chi connectivity index (χ0) is 15.3. The van der Waals surface area contributed by atoms with Crippen LogP contribution < -0.4 is 5.32 Å². The van der Waals surface area contributed by atoms with E-state index in [9.17, 15) is 0 Å². The normalized spacial score (nSPS) is 18.1. The number of aryl methyl sites for hydroxylation is 2. The van der Waals surface area contributed by atoms with Gasteiger partial charge in [-0.25, -0.2) is 19.2 Å². The number of anilines is 1. The molecule has 0 unspecified atom stereocenters. The molecular weight excluding hydrogens is 298 g/mol. The lowest BCUT2D eigenvalue weighted by atomic mass is 10.1. The van der Waals surface area contributed by atoms with E-state index in [1.807, 2.05) is 22.3 Å². The van der Waals surface area contributed by atoms with Gasteiger partial charge in [-0.3, -0.25) is 0 Å². The molecule has 0 spiro atoms. The van der Waals surface area contributed by atoms with Crippen LogP contribution in [-0.4, -0.2) is 35.4 Å². The SMILES string of the molecule is Cc1cn2nc(N[C@H]3CCc4nc(C(C)C)nn4C3)sc2n1. The Morgan fingerprint density at radius 2 is 2.18 bits per heavy atom. The van der Waals surface area contributed by atoms with Crippen molar-refractivity contribution in [1.29, 1.82) is 0 Å². The van der Waals surface area contributed by atoms with Crippen molar-refractivity contribution in [3.8, 4) is 0 Å². The molecule has 0 fully saturated rings. The maximum atomic E-state index is 4.62. The number of aromatic nitrogens is 6. The highest BCUT2D eigenvalue weighted by molar-refractivity contribution is 7.20. The summed E-state index contributed by atoms with van der Waals surface area (Å²) in [6.45, 7) is 7.08. The third-order valence-corrected chi connectivity index (χ3v) is 4.74. The van der Waals surface area contributed by atoms with E-state index in [-0.39, 0.29) is 0 Å². The summed E-state index contributed by atoms with van der Waals surface area (Å²) in [6, 6.07) is 0.339. The zero-order valence-corrected chi connectivity index (χ0v) is 13.8. The lowest BCUT2D eigenvalue weighted by Gasteiger charge is -2.22. The van der Waals surface area contributed by atoms with Gasteiger partial charge in [0.05, 0.1) is 18.4 Å². The molecule has 0 radical (unpaired) electrons. The third-order valence-electron chi connectivity index (χ3n) is 3.88. The first-order valence-corrected chi connectivity index (χ1v) is 8.43. The van der Waals surface area contributed by atoms with Gasteiger partial charge < -0.3 is 5.32 Å². The van der Waals surface area contributed by atoms with Gasteiger partial charge in [0.1, 0.15) is 5.82 Å². The minimum absolute atomic E-state index is 0.339. The van der Waals surface area contributed by atoms with E-state index in [0.29, 0.717) is 12.0 Å². The van der Waals surface area contributed by atoms with Crippen LogP contribution in [0.3, 0.4) is 0 Å². The topological polar surface area (TPSA) is 72.9 Å². The van der Waals surface area contributed by atoms with Gasteiger partial charge >= 0.3 is 0 Å². The molecule has 7 nitrogen and oxygen atoms in total. The molecular formula is C14H19N7S. The molecule has 3 aromatic heterocycles. The van der Waals surface area contributed by atoms with Crippen LogP contribution in [0.25, 0.3) is 4.96 Å². The molecule has 8 heteroatoms. The van der Waals surface area contributed by atoms with Crippen LogP contribution in [0.4, 0.5) is 5.13 Å². The number of nitrogens with zero attached hydrogens (tertiary/aromatic N) is 6. The molecule has 0 aromatic carbocycles. The average molecular weight is 317 g/mol. The summed E-state index contributed by atoms with van der Waals surface area (Å²) in [5.74, 6) is 2.42. The molecule has 22 heavy (non-hydrogen) atoms. The Bertz CT molecular complexity index is 781. The second-order valence-corrected chi connectivity index (χ2v) is 7.08. The summed E-state index contributed by atoms with van der Waals surface area (Å²) in [7, 11) is 0. The molecule has 0 bridgehead atoms. The lowest BCUT2D eigenvalue weighted by molar-refractivity contribution is 0.439. The first kappa shape index (κ1) is 13.7. The fourth-order valence-electron chi connectivity index (χ4n) is 2.73. The molecule has 116 valence electrons. The van der Waals surface area contributed by atoms with Crippen molar-refractivity contribution in [3.63, 3.8) is 0 Å². The van der Waals surface area contributed by atoms with Crippen molar-refractivity contribution in [3.05, 3.63) is 23.5 Å². The molecule has 4 rings (SSSR count). The van der Waals surface area contributed by atoms with Crippen molar-refractivity contribution in [1.82, 2.24) is 29.4 Å². The molecule has 1 N–H and O–H groups in total. The Morgan fingerprint density at radius 1 is 1.32 bits per heavy atom. The van der Waals surface area contributed by atoms with Crippen LogP contribution in [0.1, 0.15) is 43.5 Å². The maximum Gasteiger partial charge on any atom is 0.214 e. The predicted octanol–water partition coefficient (Wildman–Crippen LogP) is 2.24. The van der Waals surface area contributed by atoms with Crippen LogP contribution in [0.2, 0.25) is 0 Å². The first-order valence-electron chi connectivity index (χ1n) is 7.61. The lowest BCUT2D eigenvalue weighted by Crippen LogP contribution is -2.32. The third kappa shape index (κ3) is 2.37. The maximum absolute atomic E-state index is 4.62. The van der Waals surface area contributed by atoms with Crippen molar-refractivity contribution < 1.29 is 0 Å². The zero-order valence-electron chi connectivity index (χ0n) is 12.9. The summed E-state index contributed by atoms with van der Waals surface area (Å²) >= 11 is 1.59. The molecule has 3 aromatic rings. The van der Waals surface area contributed by atoms with Crippen LogP contribution in [0.15, 0.2) is 6.20 Å². The Kier molecular flexibility index (Phi) is 3.14. The fourth-order valence-corrected chi connectivity index (χ4v) is 3.64. The highest BCUT2D eigenvalue weighted by Crippen LogP contribution is 2.23. The standard InChI is InChI=1S/C14H19N7S/c1-8(2)12-17-11-5-4-10(7-20(11)18-12)16-13-19-21-6-9(3)15-14(21)22-13/h6,8,10H,4-5,7H2,1-3H3,(H,16,19)/t10-/m0/s1. The Balaban J connectivity index is 1.50. The van der Waals surface area contributed by atoms with E-state index >= 15 is 0 Å². The van der Waals surface area contributed by atoms with E-state index in [1.54, 1.807) is 11.3 Å². The Labute approximate surface area is 132 Å². The number of hydrogen-bond acceptors (Lipinski definition) is 6. The Morgan fingerprint density at radius 3 is 2.95 bits per heavy atom. The highest BCUT2D eigenvalue weighted by Gasteiger charge is 2.23. The summed E-state index contributed by atoms with van der Waals surface area (Å²) in [6.07, 6.45) is 3.96. The quantitative estimate of drug-likeness (QED) is 0.802. The van der Waals surface area contributed by atoms with E-state index in [0.717, 1.165) is 46.8 Å². The Hall–Kier alpha value is -1.96. The van der Waals surface area contributed by atoms with Gasteiger partial charge in [-0.2, -0.15) is 5.10 Å².